The Morgan fingerprint density at radius 2 is 1.65 bits per heavy atom. The number of methoxy groups -OCH3 is 1. The fraction of sp³-hybridized carbons (Fsp3) is 0.458. The van der Waals surface area contributed by atoms with Crippen molar-refractivity contribution in [1.82, 2.24) is 0 Å². The van der Waals surface area contributed by atoms with Crippen LogP contribution in [0.1, 0.15) is 51.2 Å². The van der Waals surface area contributed by atoms with Crippen LogP contribution in [-0.2, 0) is 9.53 Å². The van der Waals surface area contributed by atoms with Crippen molar-refractivity contribution in [1.29, 1.82) is 0 Å². The van der Waals surface area contributed by atoms with Crippen LogP contribution in [0.2, 0.25) is 0 Å². The standard InChI is InChI=1S/C24H31FN2O4/c1-16(2)14-26(15-17(3)4)24-21(25)11-19(12-22(24)27(29)30)20(13-23(28)31-5)18-9-7-6-8-10-18/h6-12,16-17,20H,13-15H2,1-5H3. The number of carbonyl (C=O) groups excluding carboxylic acids is 1. The number of anilines is 1. The molecule has 0 bridgehead atoms. The van der Waals surface area contributed by atoms with Gasteiger partial charge in [-0.05, 0) is 29.0 Å². The number of halogens is 1. The fourth-order valence-electron chi connectivity index (χ4n) is 3.76. The Hall–Kier alpha value is -2.96. The zero-order valence-corrected chi connectivity index (χ0v) is 18.8. The lowest BCUT2D eigenvalue weighted by molar-refractivity contribution is -0.384. The van der Waals surface area contributed by atoms with Crippen LogP contribution in [0.4, 0.5) is 15.8 Å². The molecule has 2 rings (SSSR count). The molecule has 0 radical (unpaired) electrons. The fourth-order valence-corrected chi connectivity index (χ4v) is 3.76. The SMILES string of the molecule is COC(=O)CC(c1ccccc1)c1cc(F)c(N(CC(C)C)CC(C)C)c([N+](=O)[O-])c1. The van der Waals surface area contributed by atoms with E-state index in [1.165, 1.54) is 19.2 Å². The molecule has 0 N–H and O–H groups in total. The number of hydrogen-bond donors (Lipinski definition) is 0. The van der Waals surface area contributed by atoms with Gasteiger partial charge in [-0.2, -0.15) is 0 Å². The summed E-state index contributed by atoms with van der Waals surface area (Å²) in [7, 11) is 1.28. The first-order valence-corrected chi connectivity index (χ1v) is 10.5. The highest BCUT2D eigenvalue weighted by atomic mass is 19.1. The van der Waals surface area contributed by atoms with Crippen LogP contribution in [-0.4, -0.2) is 31.1 Å². The second-order valence-electron chi connectivity index (χ2n) is 8.56. The van der Waals surface area contributed by atoms with Crippen LogP contribution in [0.5, 0.6) is 0 Å². The molecule has 0 aliphatic rings. The molecule has 0 fully saturated rings. The van der Waals surface area contributed by atoms with E-state index in [4.69, 9.17) is 4.74 Å². The van der Waals surface area contributed by atoms with Gasteiger partial charge in [0.05, 0.1) is 18.5 Å². The van der Waals surface area contributed by atoms with Crippen molar-refractivity contribution in [2.45, 2.75) is 40.0 Å². The molecule has 7 heteroatoms. The third kappa shape index (κ3) is 6.51. The van der Waals surface area contributed by atoms with Gasteiger partial charge in [0.2, 0.25) is 0 Å². The lowest BCUT2D eigenvalue weighted by Crippen LogP contribution is -2.32. The summed E-state index contributed by atoms with van der Waals surface area (Å²) in [6.07, 6.45) is -0.0435. The molecular weight excluding hydrogens is 399 g/mol. The van der Waals surface area contributed by atoms with Crippen LogP contribution < -0.4 is 4.90 Å². The third-order valence-electron chi connectivity index (χ3n) is 4.95. The van der Waals surface area contributed by atoms with Crippen LogP contribution in [0, 0.1) is 27.8 Å². The number of nitro groups is 1. The second-order valence-corrected chi connectivity index (χ2v) is 8.56. The maximum absolute atomic E-state index is 15.5. The molecule has 1 unspecified atom stereocenters. The van der Waals surface area contributed by atoms with Crippen molar-refractivity contribution in [3.8, 4) is 0 Å². The van der Waals surface area contributed by atoms with E-state index in [2.05, 4.69) is 0 Å². The minimum absolute atomic E-state index is 0.000953. The lowest BCUT2D eigenvalue weighted by atomic mass is 9.88. The van der Waals surface area contributed by atoms with Crippen molar-refractivity contribution >= 4 is 17.3 Å². The predicted octanol–water partition coefficient (Wildman–Crippen LogP) is 5.55. The molecule has 2 aromatic carbocycles. The number of esters is 1. The van der Waals surface area contributed by atoms with Crippen molar-refractivity contribution in [3.05, 3.63) is 69.5 Å². The van der Waals surface area contributed by atoms with Crippen molar-refractivity contribution in [2.24, 2.45) is 11.8 Å². The summed E-state index contributed by atoms with van der Waals surface area (Å²) in [4.78, 5) is 25.2. The maximum atomic E-state index is 15.5. The zero-order chi connectivity index (χ0) is 23.1. The topological polar surface area (TPSA) is 72.7 Å². The van der Waals surface area contributed by atoms with Gasteiger partial charge in [-0.25, -0.2) is 4.39 Å². The van der Waals surface area contributed by atoms with Gasteiger partial charge in [-0.3, -0.25) is 14.9 Å². The van der Waals surface area contributed by atoms with E-state index in [-0.39, 0.29) is 29.6 Å². The highest BCUT2D eigenvalue weighted by Crippen LogP contribution is 2.38. The lowest BCUT2D eigenvalue weighted by Gasteiger charge is -2.29. The third-order valence-corrected chi connectivity index (χ3v) is 4.95. The summed E-state index contributed by atoms with van der Waals surface area (Å²) in [6.45, 7) is 8.97. The first-order valence-electron chi connectivity index (χ1n) is 10.5. The summed E-state index contributed by atoms with van der Waals surface area (Å²) in [5, 5.41) is 12.0. The first-order chi connectivity index (χ1) is 14.6. The van der Waals surface area contributed by atoms with Gasteiger partial charge >= 0.3 is 5.97 Å². The number of nitro benzene ring substituents is 1. The molecule has 0 spiro atoms. The van der Waals surface area contributed by atoms with Gasteiger partial charge in [0.1, 0.15) is 0 Å². The second kappa shape index (κ2) is 10.9. The van der Waals surface area contributed by atoms with Crippen molar-refractivity contribution < 1.29 is 18.8 Å². The van der Waals surface area contributed by atoms with Gasteiger partial charge < -0.3 is 9.64 Å². The normalized spacial score (nSPS) is 12.1. The monoisotopic (exact) mass is 430 g/mol. The molecule has 0 saturated carbocycles. The average Bonchev–Trinajstić information content (AvgIpc) is 2.70. The Balaban J connectivity index is 2.63. The predicted molar refractivity (Wildman–Crippen MR) is 120 cm³/mol. The molecule has 1 atom stereocenters. The summed E-state index contributed by atoms with van der Waals surface area (Å²) >= 11 is 0. The van der Waals surface area contributed by atoms with E-state index in [0.29, 0.717) is 18.7 Å². The van der Waals surface area contributed by atoms with E-state index in [9.17, 15) is 14.9 Å². The summed E-state index contributed by atoms with van der Waals surface area (Å²) < 4.78 is 20.3. The van der Waals surface area contributed by atoms with Crippen molar-refractivity contribution in [2.75, 3.05) is 25.1 Å². The first kappa shape index (κ1) is 24.3. The molecular formula is C24H31FN2O4. The number of hydrogen-bond acceptors (Lipinski definition) is 5. The maximum Gasteiger partial charge on any atom is 0.306 e. The Morgan fingerprint density at radius 1 is 1.06 bits per heavy atom. The molecule has 6 nitrogen and oxygen atoms in total. The number of rotatable bonds is 10. The number of ether oxygens (including phenoxy) is 1. The van der Waals surface area contributed by atoms with E-state index in [0.717, 1.165) is 5.56 Å². The molecule has 0 aromatic heterocycles. The van der Waals surface area contributed by atoms with Crippen molar-refractivity contribution in [3.63, 3.8) is 0 Å². The zero-order valence-electron chi connectivity index (χ0n) is 18.8. The van der Waals surface area contributed by atoms with Crippen LogP contribution in [0.25, 0.3) is 0 Å². The molecule has 0 saturated heterocycles. The summed E-state index contributed by atoms with van der Waals surface area (Å²) in [5.74, 6) is -1.28. The van der Waals surface area contributed by atoms with E-state index >= 15 is 4.39 Å². The smallest absolute Gasteiger partial charge is 0.306 e. The Morgan fingerprint density at radius 3 is 2.13 bits per heavy atom. The molecule has 31 heavy (non-hydrogen) atoms. The van der Waals surface area contributed by atoms with Gasteiger partial charge in [0.25, 0.3) is 5.69 Å². The molecule has 168 valence electrons. The van der Waals surface area contributed by atoms with E-state index in [1.807, 2.05) is 58.0 Å². The molecule has 0 amide bonds. The number of carbonyl (C=O) groups is 1. The summed E-state index contributed by atoms with van der Waals surface area (Å²) in [6, 6.07) is 11.8. The largest absolute Gasteiger partial charge is 0.469 e. The Labute approximate surface area is 183 Å². The molecule has 0 heterocycles. The quantitative estimate of drug-likeness (QED) is 0.281. The van der Waals surface area contributed by atoms with Gasteiger partial charge in [0.15, 0.2) is 11.5 Å². The number of nitrogens with zero attached hydrogens (tertiary/aromatic N) is 2. The molecule has 0 aliphatic carbocycles. The van der Waals surface area contributed by atoms with Crippen LogP contribution in [0.15, 0.2) is 42.5 Å². The number of benzene rings is 2. The highest BCUT2D eigenvalue weighted by molar-refractivity contribution is 5.72. The minimum atomic E-state index is -0.656. The Bertz CT molecular complexity index is 890. The minimum Gasteiger partial charge on any atom is -0.469 e. The average molecular weight is 431 g/mol. The van der Waals surface area contributed by atoms with Gasteiger partial charge in [0, 0.05) is 25.1 Å². The van der Waals surface area contributed by atoms with Crippen LogP contribution in [0.3, 0.4) is 0 Å². The van der Waals surface area contributed by atoms with Crippen LogP contribution >= 0.6 is 0 Å². The van der Waals surface area contributed by atoms with Gasteiger partial charge in [-0.15, -0.1) is 0 Å². The van der Waals surface area contributed by atoms with E-state index < -0.39 is 22.6 Å². The van der Waals surface area contributed by atoms with E-state index in [1.54, 1.807) is 4.90 Å². The molecule has 2 aromatic rings. The summed E-state index contributed by atoms with van der Waals surface area (Å²) in [5.41, 5.74) is 0.845. The molecule has 0 aliphatic heterocycles. The highest BCUT2D eigenvalue weighted by Gasteiger charge is 2.29. The Kier molecular flexibility index (Phi) is 8.54. The van der Waals surface area contributed by atoms with Gasteiger partial charge in [-0.1, -0.05) is 58.0 Å².